The highest BCUT2D eigenvalue weighted by Crippen LogP contribution is 1.95. The third kappa shape index (κ3) is 13.1. The lowest BCUT2D eigenvalue weighted by Crippen LogP contribution is -2.68. The van der Waals surface area contributed by atoms with E-state index in [1.165, 1.54) is 0 Å². The summed E-state index contributed by atoms with van der Waals surface area (Å²) in [4.78, 5) is 19.9. The lowest BCUT2D eigenvalue weighted by molar-refractivity contribution is -0.438. The van der Waals surface area contributed by atoms with Crippen LogP contribution in [0.25, 0.3) is 0 Å². The molecule has 0 rings (SSSR count). The number of thioether (sulfide) groups is 1. The third-order valence-electron chi connectivity index (χ3n) is 1.97. The number of carboxylic acid groups (broad SMARTS) is 2. The van der Waals surface area contributed by atoms with Gasteiger partial charge in [-0.25, -0.2) is 0 Å². The van der Waals surface area contributed by atoms with Crippen LogP contribution in [-0.2, 0) is 9.59 Å². The van der Waals surface area contributed by atoms with Crippen molar-refractivity contribution in [1.29, 1.82) is 0 Å². The van der Waals surface area contributed by atoms with Gasteiger partial charge in [-0.15, -0.1) is 0 Å². The molecular formula is C10H22N2O4S. The molecule has 6 N–H and O–H groups in total. The monoisotopic (exact) mass is 266 g/mol. The summed E-state index contributed by atoms with van der Waals surface area (Å²) in [6, 6.07) is -1.07. The van der Waals surface area contributed by atoms with Crippen LogP contribution in [0.4, 0.5) is 0 Å². The number of aliphatic carboxylic acids is 2. The fraction of sp³-hybridized carbons (Fsp3) is 0.800. The molecule has 0 saturated carbocycles. The molecule has 0 fully saturated rings. The van der Waals surface area contributed by atoms with E-state index in [4.69, 9.17) is 0 Å². The predicted octanol–water partition coefficient (Wildman–Crippen LogP) is -3.75. The van der Waals surface area contributed by atoms with Gasteiger partial charge in [0.25, 0.3) is 0 Å². The standard InChI is InChI=1S/C5H11NO2S.C5H11NO2/c1-9-3-2-4(6)5(7)8;1-2-3-4(6)5(7)8/h4H,2-3,6H2,1H3,(H,7,8);4H,2-3,6H2,1H3,(H,7,8)/t2*4-/m10/s1. The molecule has 0 aromatic rings. The average Bonchev–Trinajstić information content (AvgIpc) is 2.26. The molecule has 0 aromatic heterocycles. The van der Waals surface area contributed by atoms with Crippen LogP contribution in [0.3, 0.4) is 0 Å². The topological polar surface area (TPSA) is 136 Å². The van der Waals surface area contributed by atoms with Crippen molar-refractivity contribution in [1.82, 2.24) is 0 Å². The van der Waals surface area contributed by atoms with E-state index in [0.717, 1.165) is 12.2 Å². The number of carbonyl (C=O) groups excluding carboxylic acids is 2. The van der Waals surface area contributed by atoms with Gasteiger partial charge >= 0.3 is 0 Å². The van der Waals surface area contributed by atoms with E-state index < -0.39 is 24.0 Å². The van der Waals surface area contributed by atoms with Gasteiger partial charge in [0.1, 0.15) is 12.1 Å². The summed E-state index contributed by atoms with van der Waals surface area (Å²) in [6.07, 6.45) is 4.00. The molecule has 6 nitrogen and oxygen atoms in total. The van der Waals surface area contributed by atoms with Gasteiger partial charge < -0.3 is 31.3 Å². The first-order valence-electron chi connectivity index (χ1n) is 5.43. The molecule has 0 unspecified atom stereocenters. The van der Waals surface area contributed by atoms with E-state index in [1.54, 1.807) is 11.8 Å². The molecule has 7 heteroatoms. The molecule has 17 heavy (non-hydrogen) atoms. The molecule has 2 atom stereocenters. The van der Waals surface area contributed by atoms with Crippen molar-refractivity contribution in [3.8, 4) is 0 Å². The van der Waals surface area contributed by atoms with Crippen molar-refractivity contribution in [2.24, 2.45) is 0 Å². The molecule has 0 aliphatic heterocycles. The van der Waals surface area contributed by atoms with Crippen LogP contribution in [0.2, 0.25) is 0 Å². The summed E-state index contributed by atoms with van der Waals surface area (Å²) in [5.74, 6) is -1.27. The molecular weight excluding hydrogens is 244 g/mol. The van der Waals surface area contributed by atoms with Crippen LogP contribution < -0.4 is 21.7 Å². The van der Waals surface area contributed by atoms with Crippen molar-refractivity contribution in [2.45, 2.75) is 38.3 Å². The quantitative estimate of drug-likeness (QED) is 0.488. The maximum Gasteiger partial charge on any atom is 0.125 e. The number of carboxylic acids is 2. The smallest absolute Gasteiger partial charge is 0.125 e. The number of hydrogen-bond donors (Lipinski definition) is 2. The molecule has 0 aliphatic carbocycles. The Morgan fingerprint density at radius 3 is 1.76 bits per heavy atom. The van der Waals surface area contributed by atoms with Crippen molar-refractivity contribution in [3.05, 3.63) is 0 Å². The van der Waals surface area contributed by atoms with Gasteiger partial charge in [-0.2, -0.15) is 11.8 Å². The van der Waals surface area contributed by atoms with Crippen LogP contribution >= 0.6 is 11.8 Å². The number of quaternary nitrogens is 2. The Morgan fingerprint density at radius 1 is 1.12 bits per heavy atom. The molecule has 0 heterocycles. The first-order valence-corrected chi connectivity index (χ1v) is 6.82. The summed E-state index contributed by atoms with van der Waals surface area (Å²) in [6.45, 7) is 1.92. The maximum atomic E-state index is 10.0. The number of hydrogen-bond acceptors (Lipinski definition) is 5. The SMILES string of the molecule is CCC[C@H]([NH3+])C(=O)[O-].CSCC[C@@H]([NH3+])C(=O)[O-]. The number of carbonyl (C=O) groups is 2. The minimum absolute atomic E-state index is 0.528. The predicted molar refractivity (Wildman–Crippen MR) is 61.3 cm³/mol. The third-order valence-corrected chi connectivity index (χ3v) is 2.62. The Balaban J connectivity index is 0. The Morgan fingerprint density at radius 2 is 1.53 bits per heavy atom. The Hall–Kier alpha value is -0.790. The zero-order valence-corrected chi connectivity index (χ0v) is 11.3. The molecule has 0 spiro atoms. The van der Waals surface area contributed by atoms with Crippen LogP contribution in [0.1, 0.15) is 26.2 Å². The fourth-order valence-corrected chi connectivity index (χ4v) is 1.36. The molecule has 0 radical (unpaired) electrons. The lowest BCUT2D eigenvalue weighted by atomic mass is 10.2. The Labute approximate surface area is 106 Å². The van der Waals surface area contributed by atoms with Gasteiger partial charge in [0.2, 0.25) is 0 Å². The second-order valence-corrected chi connectivity index (χ2v) is 4.59. The summed E-state index contributed by atoms with van der Waals surface area (Å²) >= 11 is 1.62. The van der Waals surface area contributed by atoms with Gasteiger partial charge in [0.15, 0.2) is 0 Å². The zero-order valence-electron chi connectivity index (χ0n) is 10.4. The Bertz CT molecular complexity index is 226. The van der Waals surface area contributed by atoms with E-state index in [0.29, 0.717) is 12.8 Å². The van der Waals surface area contributed by atoms with Crippen molar-refractivity contribution >= 4 is 23.7 Å². The second-order valence-electron chi connectivity index (χ2n) is 3.60. The normalized spacial score (nSPS) is 13.2. The molecule has 0 amide bonds. The lowest BCUT2D eigenvalue weighted by Gasteiger charge is -2.06. The molecule has 0 aromatic carbocycles. The highest BCUT2D eigenvalue weighted by molar-refractivity contribution is 7.98. The van der Waals surface area contributed by atoms with Crippen molar-refractivity contribution in [3.63, 3.8) is 0 Å². The van der Waals surface area contributed by atoms with E-state index in [1.807, 2.05) is 13.2 Å². The van der Waals surface area contributed by atoms with Gasteiger partial charge in [0.05, 0.1) is 11.9 Å². The van der Waals surface area contributed by atoms with E-state index in [9.17, 15) is 19.8 Å². The molecule has 0 bridgehead atoms. The van der Waals surface area contributed by atoms with Crippen LogP contribution in [0, 0.1) is 0 Å². The molecule has 0 aliphatic rings. The highest BCUT2D eigenvalue weighted by atomic mass is 32.2. The van der Waals surface area contributed by atoms with Crippen molar-refractivity contribution in [2.75, 3.05) is 12.0 Å². The van der Waals surface area contributed by atoms with Crippen LogP contribution in [0.5, 0.6) is 0 Å². The summed E-state index contributed by atoms with van der Waals surface area (Å²) in [7, 11) is 0. The van der Waals surface area contributed by atoms with Crippen LogP contribution in [0.15, 0.2) is 0 Å². The van der Waals surface area contributed by atoms with Gasteiger partial charge in [-0.1, -0.05) is 13.3 Å². The Kier molecular flexibility index (Phi) is 12.8. The minimum Gasteiger partial charge on any atom is -0.544 e. The number of rotatable bonds is 7. The summed E-state index contributed by atoms with van der Waals surface area (Å²) < 4.78 is 0. The first kappa shape index (κ1) is 18.6. The average molecular weight is 266 g/mol. The maximum absolute atomic E-state index is 10.0. The minimum atomic E-state index is -1.05. The highest BCUT2D eigenvalue weighted by Gasteiger charge is 2.04. The van der Waals surface area contributed by atoms with Gasteiger partial charge in [-0.05, 0) is 12.0 Å². The second kappa shape index (κ2) is 11.7. The summed E-state index contributed by atoms with van der Waals surface area (Å²) in [5, 5.41) is 19.9. The van der Waals surface area contributed by atoms with Gasteiger partial charge in [-0.3, -0.25) is 0 Å². The van der Waals surface area contributed by atoms with Crippen molar-refractivity contribution < 1.29 is 31.3 Å². The van der Waals surface area contributed by atoms with E-state index in [-0.39, 0.29) is 0 Å². The van der Waals surface area contributed by atoms with Crippen LogP contribution in [-0.4, -0.2) is 36.0 Å². The summed E-state index contributed by atoms with van der Waals surface area (Å²) in [5.41, 5.74) is 6.76. The van der Waals surface area contributed by atoms with E-state index >= 15 is 0 Å². The first-order chi connectivity index (χ1) is 7.86. The van der Waals surface area contributed by atoms with E-state index in [2.05, 4.69) is 11.5 Å². The molecule has 0 saturated heterocycles. The van der Waals surface area contributed by atoms with Gasteiger partial charge in [0, 0.05) is 12.8 Å². The molecule has 102 valence electrons. The fourth-order valence-electron chi connectivity index (χ4n) is 0.844. The zero-order chi connectivity index (χ0) is 13.8. The largest absolute Gasteiger partial charge is 0.544 e.